The fraction of sp³-hybridized carbons (Fsp3) is 0.769. The largest absolute Gasteiger partial charge is 0.466 e. The van der Waals surface area contributed by atoms with Crippen molar-refractivity contribution in [2.75, 3.05) is 6.61 Å². The number of carbonyl (C=O) groups excluding carboxylic acids is 1. The average molecular weight is 208 g/mol. The van der Waals surface area contributed by atoms with Gasteiger partial charge in [-0.15, -0.1) is 6.58 Å². The summed E-state index contributed by atoms with van der Waals surface area (Å²) in [4.78, 5) is 11.5. The molecule has 0 aromatic heterocycles. The third-order valence-corrected chi connectivity index (χ3v) is 4.15. The van der Waals surface area contributed by atoms with Crippen LogP contribution in [-0.4, -0.2) is 12.6 Å². The molecule has 0 saturated heterocycles. The zero-order valence-electron chi connectivity index (χ0n) is 9.50. The molecule has 0 bridgehead atoms. The van der Waals surface area contributed by atoms with Crippen molar-refractivity contribution in [1.29, 1.82) is 0 Å². The Morgan fingerprint density at radius 2 is 2.07 bits per heavy atom. The van der Waals surface area contributed by atoms with Gasteiger partial charge in [0, 0.05) is 0 Å². The van der Waals surface area contributed by atoms with E-state index in [0.717, 1.165) is 24.7 Å². The first kappa shape index (κ1) is 10.7. The van der Waals surface area contributed by atoms with Gasteiger partial charge in [0.1, 0.15) is 0 Å². The van der Waals surface area contributed by atoms with Crippen molar-refractivity contribution in [3.05, 3.63) is 12.7 Å². The number of esters is 1. The number of fused-ring (bicyclic) bond motifs is 1. The van der Waals surface area contributed by atoms with Crippen LogP contribution >= 0.6 is 0 Å². The lowest BCUT2D eigenvalue weighted by Crippen LogP contribution is -2.20. The van der Waals surface area contributed by atoms with Crippen LogP contribution < -0.4 is 0 Å². The summed E-state index contributed by atoms with van der Waals surface area (Å²) in [5.74, 6) is 1.66. The Kier molecular flexibility index (Phi) is 2.85. The lowest BCUT2D eigenvalue weighted by Gasteiger charge is -2.29. The first-order valence-electron chi connectivity index (χ1n) is 5.98. The normalized spacial score (nSPS) is 37.9. The molecule has 0 spiro atoms. The molecular formula is C13H20O2. The lowest BCUT2D eigenvalue weighted by atomic mass is 9.77. The summed E-state index contributed by atoms with van der Waals surface area (Å²) in [7, 11) is 0. The molecule has 3 atom stereocenters. The summed E-state index contributed by atoms with van der Waals surface area (Å²) in [6, 6.07) is 0. The van der Waals surface area contributed by atoms with Crippen LogP contribution in [0.5, 0.6) is 0 Å². The number of hydrogen-bond acceptors (Lipinski definition) is 2. The number of hydrogen-bond donors (Lipinski definition) is 0. The van der Waals surface area contributed by atoms with Crippen LogP contribution in [0.4, 0.5) is 0 Å². The van der Waals surface area contributed by atoms with Gasteiger partial charge in [0.15, 0.2) is 0 Å². The molecular weight excluding hydrogens is 188 g/mol. The molecule has 84 valence electrons. The van der Waals surface area contributed by atoms with Gasteiger partial charge >= 0.3 is 5.97 Å². The van der Waals surface area contributed by atoms with E-state index in [0.29, 0.717) is 13.0 Å². The van der Waals surface area contributed by atoms with Gasteiger partial charge in [0.25, 0.3) is 0 Å². The molecule has 2 aliphatic carbocycles. The maximum Gasteiger partial charge on any atom is 0.306 e. The maximum absolute atomic E-state index is 11.5. The number of carbonyl (C=O) groups is 1. The summed E-state index contributed by atoms with van der Waals surface area (Å²) in [5.41, 5.74) is 0.0537. The summed E-state index contributed by atoms with van der Waals surface area (Å²) in [6.07, 6.45) is 7.55. The van der Waals surface area contributed by atoms with Crippen LogP contribution in [0, 0.1) is 17.3 Å². The SMILES string of the molecule is C=CC1(CC(=O)OCC)C[C@H]2CC[C@H]2C1. The topological polar surface area (TPSA) is 26.3 Å². The number of rotatable bonds is 4. The molecule has 0 amide bonds. The van der Waals surface area contributed by atoms with Gasteiger partial charge in [-0.2, -0.15) is 0 Å². The molecule has 2 saturated carbocycles. The Morgan fingerprint density at radius 1 is 1.47 bits per heavy atom. The summed E-state index contributed by atoms with van der Waals surface area (Å²) < 4.78 is 5.03. The molecule has 0 aromatic carbocycles. The molecule has 0 N–H and O–H groups in total. The maximum atomic E-state index is 11.5. The van der Waals surface area contributed by atoms with E-state index < -0.39 is 0 Å². The van der Waals surface area contributed by atoms with E-state index in [9.17, 15) is 4.79 Å². The van der Waals surface area contributed by atoms with Crippen molar-refractivity contribution in [1.82, 2.24) is 0 Å². The zero-order chi connectivity index (χ0) is 10.9. The highest BCUT2D eigenvalue weighted by Crippen LogP contribution is 2.57. The highest BCUT2D eigenvalue weighted by Gasteiger charge is 2.48. The highest BCUT2D eigenvalue weighted by molar-refractivity contribution is 5.70. The molecule has 0 aliphatic heterocycles. The molecule has 2 nitrogen and oxygen atoms in total. The zero-order valence-corrected chi connectivity index (χ0v) is 9.50. The van der Waals surface area contributed by atoms with E-state index >= 15 is 0 Å². The Bertz CT molecular complexity index is 258. The molecule has 15 heavy (non-hydrogen) atoms. The second kappa shape index (κ2) is 3.99. The van der Waals surface area contributed by atoms with Crippen molar-refractivity contribution in [2.24, 2.45) is 17.3 Å². The lowest BCUT2D eigenvalue weighted by molar-refractivity contribution is -0.145. The van der Waals surface area contributed by atoms with Crippen molar-refractivity contribution in [2.45, 2.75) is 39.0 Å². The van der Waals surface area contributed by atoms with Gasteiger partial charge in [-0.05, 0) is 49.9 Å². The van der Waals surface area contributed by atoms with Crippen molar-refractivity contribution in [3.63, 3.8) is 0 Å². The van der Waals surface area contributed by atoms with Gasteiger partial charge < -0.3 is 4.74 Å². The molecule has 0 aromatic rings. The van der Waals surface area contributed by atoms with E-state index in [-0.39, 0.29) is 11.4 Å². The van der Waals surface area contributed by atoms with E-state index in [1.54, 1.807) is 0 Å². The molecule has 0 radical (unpaired) electrons. The van der Waals surface area contributed by atoms with Crippen LogP contribution in [0.2, 0.25) is 0 Å². The van der Waals surface area contributed by atoms with Gasteiger partial charge in [0.05, 0.1) is 13.0 Å². The minimum absolute atomic E-state index is 0.0537. The van der Waals surface area contributed by atoms with Crippen LogP contribution in [-0.2, 0) is 9.53 Å². The van der Waals surface area contributed by atoms with Crippen molar-refractivity contribution in [3.8, 4) is 0 Å². The predicted octanol–water partition coefficient (Wildman–Crippen LogP) is 2.93. The number of ether oxygens (including phenoxy) is 1. The van der Waals surface area contributed by atoms with E-state index in [1.807, 2.05) is 13.0 Å². The standard InChI is InChI=1S/C13H20O2/c1-3-13(9-12(14)15-4-2)7-10-5-6-11(10)8-13/h3,10-11H,1,4-9H2,2H3/t10-,11+,13?. The minimum atomic E-state index is -0.0568. The first-order chi connectivity index (χ1) is 7.19. The third-order valence-electron chi connectivity index (χ3n) is 4.15. The second-order valence-corrected chi connectivity index (χ2v) is 5.05. The smallest absolute Gasteiger partial charge is 0.306 e. The van der Waals surface area contributed by atoms with E-state index in [4.69, 9.17) is 4.74 Å². The second-order valence-electron chi connectivity index (χ2n) is 5.05. The average Bonchev–Trinajstić information content (AvgIpc) is 2.43. The van der Waals surface area contributed by atoms with Gasteiger partial charge in [-0.3, -0.25) is 4.79 Å². The van der Waals surface area contributed by atoms with E-state index in [2.05, 4.69) is 6.58 Å². The van der Waals surface area contributed by atoms with Crippen molar-refractivity contribution < 1.29 is 9.53 Å². The Morgan fingerprint density at radius 3 is 2.47 bits per heavy atom. The van der Waals surface area contributed by atoms with Crippen molar-refractivity contribution >= 4 is 5.97 Å². The monoisotopic (exact) mass is 208 g/mol. The Balaban J connectivity index is 1.97. The Hall–Kier alpha value is -0.790. The van der Waals surface area contributed by atoms with Crippen LogP contribution in [0.3, 0.4) is 0 Å². The molecule has 2 fully saturated rings. The number of allylic oxidation sites excluding steroid dienone is 1. The van der Waals surface area contributed by atoms with Crippen LogP contribution in [0.1, 0.15) is 39.0 Å². The summed E-state index contributed by atoms with van der Waals surface area (Å²) in [6.45, 7) is 6.26. The fourth-order valence-corrected chi connectivity index (χ4v) is 3.19. The van der Waals surface area contributed by atoms with Gasteiger partial charge in [-0.25, -0.2) is 0 Å². The molecule has 2 heteroatoms. The predicted molar refractivity (Wildman–Crippen MR) is 59.3 cm³/mol. The molecule has 2 rings (SSSR count). The van der Waals surface area contributed by atoms with Gasteiger partial charge in [0.2, 0.25) is 0 Å². The van der Waals surface area contributed by atoms with Crippen LogP contribution in [0.25, 0.3) is 0 Å². The fourth-order valence-electron chi connectivity index (χ4n) is 3.19. The quantitative estimate of drug-likeness (QED) is 0.524. The molecule has 1 unspecified atom stereocenters. The minimum Gasteiger partial charge on any atom is -0.466 e. The first-order valence-corrected chi connectivity index (χ1v) is 5.98. The Labute approximate surface area is 91.7 Å². The molecule has 2 aliphatic rings. The van der Waals surface area contributed by atoms with Crippen LogP contribution in [0.15, 0.2) is 12.7 Å². The summed E-state index contributed by atoms with van der Waals surface area (Å²) >= 11 is 0. The third kappa shape index (κ3) is 1.95. The van der Waals surface area contributed by atoms with E-state index in [1.165, 1.54) is 12.8 Å². The highest BCUT2D eigenvalue weighted by atomic mass is 16.5. The molecule has 0 heterocycles. The summed E-state index contributed by atoms with van der Waals surface area (Å²) in [5, 5.41) is 0. The van der Waals surface area contributed by atoms with Gasteiger partial charge in [-0.1, -0.05) is 6.08 Å².